The van der Waals surface area contributed by atoms with Crippen LogP contribution in [0.2, 0.25) is 0 Å². The summed E-state index contributed by atoms with van der Waals surface area (Å²) in [5.74, 6) is -1.32. The van der Waals surface area contributed by atoms with Gasteiger partial charge in [0.05, 0.1) is 6.10 Å². The van der Waals surface area contributed by atoms with Crippen molar-refractivity contribution in [3.8, 4) is 5.75 Å². The Morgan fingerprint density at radius 2 is 1.95 bits per heavy atom. The number of carbonyl (C=O) groups excluding carboxylic acids is 1. The molecule has 0 unspecified atom stereocenters. The fourth-order valence-corrected chi connectivity index (χ4v) is 2.25. The molecule has 0 bridgehead atoms. The van der Waals surface area contributed by atoms with Crippen LogP contribution in [0, 0.1) is 6.92 Å². The second kappa shape index (κ2) is 5.73. The summed E-state index contributed by atoms with van der Waals surface area (Å²) < 4.78 is 42.2. The molecule has 1 aliphatic carbocycles. The lowest BCUT2D eigenvalue weighted by Gasteiger charge is -2.16. The molecular weight excluding hydrogens is 271 g/mol. The third-order valence-electron chi connectivity index (χ3n) is 3.29. The zero-order chi connectivity index (χ0) is 14.8. The maximum Gasteiger partial charge on any atom is 0.471 e. The molecule has 20 heavy (non-hydrogen) atoms. The van der Waals surface area contributed by atoms with E-state index in [2.05, 4.69) is 0 Å². The second-order valence-electron chi connectivity index (χ2n) is 4.96. The monoisotopic (exact) mass is 287 g/mol. The molecule has 1 N–H and O–H groups in total. The van der Waals surface area contributed by atoms with Crippen molar-refractivity contribution in [1.82, 2.24) is 0 Å². The number of aryl methyl sites for hydroxylation is 1. The summed E-state index contributed by atoms with van der Waals surface area (Å²) >= 11 is 0. The molecule has 0 spiro atoms. The quantitative estimate of drug-likeness (QED) is 0.917. The van der Waals surface area contributed by atoms with Gasteiger partial charge in [-0.2, -0.15) is 13.2 Å². The van der Waals surface area contributed by atoms with E-state index in [1.807, 2.05) is 5.32 Å². The molecule has 3 nitrogen and oxygen atoms in total. The third kappa shape index (κ3) is 3.65. The van der Waals surface area contributed by atoms with Gasteiger partial charge in [0, 0.05) is 5.69 Å². The molecule has 2 rings (SSSR count). The fourth-order valence-electron chi connectivity index (χ4n) is 2.25. The number of nitrogens with one attached hydrogen (secondary N) is 1. The molecule has 0 radical (unpaired) electrons. The van der Waals surface area contributed by atoms with Crippen LogP contribution in [0.25, 0.3) is 0 Å². The van der Waals surface area contributed by atoms with E-state index in [-0.39, 0.29) is 11.8 Å². The first-order valence-corrected chi connectivity index (χ1v) is 6.52. The van der Waals surface area contributed by atoms with Crippen molar-refractivity contribution in [3.05, 3.63) is 23.8 Å². The number of hydrogen-bond acceptors (Lipinski definition) is 2. The van der Waals surface area contributed by atoms with Crippen LogP contribution in [0.4, 0.5) is 18.9 Å². The van der Waals surface area contributed by atoms with Crippen molar-refractivity contribution in [1.29, 1.82) is 0 Å². The summed E-state index contributed by atoms with van der Waals surface area (Å²) in [6.45, 7) is 1.74. The third-order valence-corrected chi connectivity index (χ3v) is 3.29. The Labute approximate surface area is 115 Å². The number of carbonyl (C=O) groups is 1. The standard InChI is InChI=1S/C14H16F3NO2/c1-9-8-10(18-13(19)14(15,16)17)6-7-12(9)20-11-4-2-3-5-11/h6-8,11H,2-5H2,1H3,(H,18,19). The zero-order valence-corrected chi connectivity index (χ0v) is 11.1. The largest absolute Gasteiger partial charge is 0.490 e. The van der Waals surface area contributed by atoms with Crippen molar-refractivity contribution in [2.45, 2.75) is 44.9 Å². The minimum absolute atomic E-state index is 0.114. The van der Waals surface area contributed by atoms with Gasteiger partial charge in [-0.3, -0.25) is 4.79 Å². The van der Waals surface area contributed by atoms with Crippen LogP contribution in [0.15, 0.2) is 18.2 Å². The number of alkyl halides is 3. The molecule has 1 aromatic rings. The van der Waals surface area contributed by atoms with Gasteiger partial charge in [0.15, 0.2) is 0 Å². The number of benzene rings is 1. The lowest BCUT2D eigenvalue weighted by Crippen LogP contribution is -2.29. The van der Waals surface area contributed by atoms with Crippen molar-refractivity contribution < 1.29 is 22.7 Å². The summed E-state index contributed by atoms with van der Waals surface area (Å²) in [5.41, 5.74) is 0.820. The number of hydrogen-bond donors (Lipinski definition) is 1. The Bertz CT molecular complexity index is 494. The van der Waals surface area contributed by atoms with Crippen LogP contribution < -0.4 is 10.1 Å². The smallest absolute Gasteiger partial charge is 0.471 e. The van der Waals surface area contributed by atoms with E-state index in [9.17, 15) is 18.0 Å². The predicted molar refractivity (Wildman–Crippen MR) is 68.7 cm³/mol. The Morgan fingerprint density at radius 3 is 2.50 bits per heavy atom. The Hall–Kier alpha value is -1.72. The SMILES string of the molecule is Cc1cc(NC(=O)C(F)(F)F)ccc1OC1CCCC1. The molecule has 0 aromatic heterocycles. The molecule has 1 aliphatic rings. The minimum atomic E-state index is -4.88. The van der Waals surface area contributed by atoms with Crippen LogP contribution in [-0.4, -0.2) is 18.2 Å². The maximum absolute atomic E-state index is 12.1. The first kappa shape index (κ1) is 14.7. The van der Waals surface area contributed by atoms with E-state index in [0.717, 1.165) is 25.7 Å². The van der Waals surface area contributed by atoms with Gasteiger partial charge in [0.2, 0.25) is 0 Å². The van der Waals surface area contributed by atoms with E-state index >= 15 is 0 Å². The van der Waals surface area contributed by atoms with Gasteiger partial charge >= 0.3 is 12.1 Å². The molecule has 0 aliphatic heterocycles. The highest BCUT2D eigenvalue weighted by atomic mass is 19.4. The van der Waals surface area contributed by atoms with Crippen molar-refractivity contribution in [2.24, 2.45) is 0 Å². The Balaban J connectivity index is 2.03. The molecule has 1 fully saturated rings. The molecule has 0 saturated heterocycles. The molecule has 0 heterocycles. The summed E-state index contributed by atoms with van der Waals surface area (Å²) in [7, 11) is 0. The highest BCUT2D eigenvalue weighted by Gasteiger charge is 2.38. The molecule has 1 saturated carbocycles. The van der Waals surface area contributed by atoms with E-state index < -0.39 is 12.1 Å². The van der Waals surface area contributed by atoms with E-state index in [0.29, 0.717) is 11.3 Å². The average Bonchev–Trinajstić information content (AvgIpc) is 2.84. The molecular formula is C14H16F3NO2. The van der Waals surface area contributed by atoms with Crippen molar-refractivity contribution >= 4 is 11.6 Å². The minimum Gasteiger partial charge on any atom is -0.490 e. The number of ether oxygens (including phenoxy) is 1. The molecule has 1 amide bonds. The molecule has 1 aromatic carbocycles. The summed E-state index contributed by atoms with van der Waals surface area (Å²) in [6, 6.07) is 4.49. The molecule has 6 heteroatoms. The van der Waals surface area contributed by atoms with Crippen LogP contribution >= 0.6 is 0 Å². The topological polar surface area (TPSA) is 38.3 Å². The van der Waals surface area contributed by atoms with Crippen LogP contribution in [0.1, 0.15) is 31.2 Å². The van der Waals surface area contributed by atoms with Crippen LogP contribution in [0.3, 0.4) is 0 Å². The van der Waals surface area contributed by atoms with E-state index in [1.165, 1.54) is 12.1 Å². The first-order chi connectivity index (χ1) is 9.36. The molecule has 0 atom stereocenters. The van der Waals surface area contributed by atoms with E-state index in [4.69, 9.17) is 4.74 Å². The normalized spacial score (nSPS) is 16.2. The lowest BCUT2D eigenvalue weighted by molar-refractivity contribution is -0.167. The summed E-state index contributed by atoms with van der Waals surface area (Å²) in [5, 5.41) is 1.82. The van der Waals surface area contributed by atoms with Gasteiger partial charge in [0.25, 0.3) is 0 Å². The van der Waals surface area contributed by atoms with Crippen molar-refractivity contribution in [3.63, 3.8) is 0 Å². The summed E-state index contributed by atoms with van der Waals surface area (Å²) in [4.78, 5) is 10.8. The van der Waals surface area contributed by atoms with Crippen LogP contribution in [-0.2, 0) is 4.79 Å². The number of halogens is 3. The van der Waals surface area contributed by atoms with Gasteiger partial charge in [-0.15, -0.1) is 0 Å². The zero-order valence-electron chi connectivity index (χ0n) is 11.1. The highest BCUT2D eigenvalue weighted by Crippen LogP contribution is 2.28. The van der Waals surface area contributed by atoms with Gasteiger partial charge < -0.3 is 10.1 Å². The predicted octanol–water partition coefficient (Wildman–Crippen LogP) is 3.82. The first-order valence-electron chi connectivity index (χ1n) is 6.52. The van der Waals surface area contributed by atoms with Gasteiger partial charge in [-0.05, 0) is 56.4 Å². The number of anilines is 1. The van der Waals surface area contributed by atoms with Gasteiger partial charge in [-0.1, -0.05) is 0 Å². The highest BCUT2D eigenvalue weighted by molar-refractivity contribution is 5.95. The average molecular weight is 287 g/mol. The molecule has 110 valence electrons. The van der Waals surface area contributed by atoms with Gasteiger partial charge in [0.1, 0.15) is 5.75 Å². The maximum atomic E-state index is 12.1. The Morgan fingerprint density at radius 1 is 1.30 bits per heavy atom. The number of rotatable bonds is 3. The number of amides is 1. The second-order valence-corrected chi connectivity index (χ2v) is 4.96. The van der Waals surface area contributed by atoms with Crippen molar-refractivity contribution in [2.75, 3.05) is 5.32 Å². The summed E-state index contributed by atoms with van der Waals surface area (Å²) in [6.07, 6.45) is -0.401. The van der Waals surface area contributed by atoms with Crippen LogP contribution in [0.5, 0.6) is 5.75 Å². The fraction of sp³-hybridized carbons (Fsp3) is 0.500. The lowest BCUT2D eigenvalue weighted by atomic mass is 10.2. The van der Waals surface area contributed by atoms with E-state index in [1.54, 1.807) is 13.0 Å². The van der Waals surface area contributed by atoms with Gasteiger partial charge in [-0.25, -0.2) is 0 Å². The Kier molecular flexibility index (Phi) is 4.20.